The summed E-state index contributed by atoms with van der Waals surface area (Å²) in [4.78, 5) is 12.1. The van der Waals surface area contributed by atoms with E-state index in [0.717, 1.165) is 37.2 Å². The second-order valence-corrected chi connectivity index (χ2v) is 5.90. The topological polar surface area (TPSA) is 58.6 Å². The number of hydrogen-bond donors (Lipinski definition) is 2. The molecule has 0 spiro atoms. The Kier molecular flexibility index (Phi) is 4.93. The van der Waals surface area contributed by atoms with Gasteiger partial charge < -0.3 is 15.2 Å². The Hall–Kier alpha value is -2.33. The fraction of sp³-hybridized carbons (Fsp3) is 0.316. The average molecular weight is 311 g/mol. The first kappa shape index (κ1) is 15.6. The van der Waals surface area contributed by atoms with Crippen molar-refractivity contribution in [2.75, 3.05) is 19.8 Å². The van der Waals surface area contributed by atoms with Crippen molar-refractivity contribution in [3.63, 3.8) is 0 Å². The molecule has 0 aromatic heterocycles. The highest BCUT2D eigenvalue weighted by Crippen LogP contribution is 2.22. The van der Waals surface area contributed by atoms with Crippen LogP contribution in [0.3, 0.4) is 0 Å². The quantitative estimate of drug-likeness (QED) is 0.891. The minimum atomic E-state index is -0.0406. The number of nitrogens with one attached hydrogen (secondary N) is 1. The summed E-state index contributed by atoms with van der Waals surface area (Å²) in [5, 5.41) is 12.3. The molecule has 3 rings (SSSR count). The van der Waals surface area contributed by atoms with Crippen molar-refractivity contribution in [3.8, 4) is 16.9 Å². The average Bonchev–Trinajstić information content (AvgIpc) is 3.09. The van der Waals surface area contributed by atoms with E-state index in [2.05, 4.69) is 5.32 Å². The molecule has 2 N–H and O–H groups in total. The lowest BCUT2D eigenvalue weighted by Gasteiger charge is -2.09. The maximum absolute atomic E-state index is 12.1. The van der Waals surface area contributed by atoms with Crippen LogP contribution < -0.4 is 5.32 Å². The fourth-order valence-electron chi connectivity index (χ4n) is 2.77. The van der Waals surface area contributed by atoms with E-state index in [4.69, 9.17) is 4.74 Å². The molecule has 0 unspecified atom stereocenters. The molecule has 23 heavy (non-hydrogen) atoms. The van der Waals surface area contributed by atoms with Crippen LogP contribution in [-0.2, 0) is 4.74 Å². The molecule has 0 aliphatic carbocycles. The van der Waals surface area contributed by atoms with Gasteiger partial charge in [-0.15, -0.1) is 0 Å². The number of amides is 1. The summed E-state index contributed by atoms with van der Waals surface area (Å²) in [6.07, 6.45) is 2.06. The SMILES string of the molecule is O=C(NCC[C@@H]1CCOC1)c1ccc(-c2ccc(O)cc2)cc1. The highest BCUT2D eigenvalue weighted by Gasteiger charge is 2.15. The number of benzene rings is 2. The molecule has 4 heteroatoms. The van der Waals surface area contributed by atoms with Crippen LogP contribution in [0.15, 0.2) is 48.5 Å². The summed E-state index contributed by atoms with van der Waals surface area (Å²) in [5.41, 5.74) is 2.69. The van der Waals surface area contributed by atoms with Crippen molar-refractivity contribution in [1.29, 1.82) is 0 Å². The predicted molar refractivity (Wildman–Crippen MR) is 89.4 cm³/mol. The number of rotatable bonds is 5. The lowest BCUT2D eigenvalue weighted by Crippen LogP contribution is -2.26. The molecule has 1 saturated heterocycles. The molecule has 0 bridgehead atoms. The molecule has 120 valence electrons. The van der Waals surface area contributed by atoms with Crippen LogP contribution in [0, 0.1) is 5.92 Å². The molecular formula is C19H21NO3. The molecule has 1 heterocycles. The Labute approximate surface area is 136 Å². The van der Waals surface area contributed by atoms with Crippen molar-refractivity contribution in [3.05, 3.63) is 54.1 Å². The van der Waals surface area contributed by atoms with Crippen LogP contribution in [0.1, 0.15) is 23.2 Å². The van der Waals surface area contributed by atoms with E-state index in [-0.39, 0.29) is 11.7 Å². The lowest BCUT2D eigenvalue weighted by molar-refractivity contribution is 0.0950. The summed E-state index contributed by atoms with van der Waals surface area (Å²) in [7, 11) is 0. The van der Waals surface area contributed by atoms with Gasteiger partial charge >= 0.3 is 0 Å². The van der Waals surface area contributed by atoms with E-state index >= 15 is 0 Å². The summed E-state index contributed by atoms with van der Waals surface area (Å²) in [6.45, 7) is 2.35. The van der Waals surface area contributed by atoms with Gasteiger partial charge in [-0.3, -0.25) is 4.79 Å². The third kappa shape index (κ3) is 4.11. The highest BCUT2D eigenvalue weighted by molar-refractivity contribution is 5.94. The first-order valence-electron chi connectivity index (χ1n) is 7.98. The van der Waals surface area contributed by atoms with Crippen LogP contribution in [0.25, 0.3) is 11.1 Å². The summed E-state index contributed by atoms with van der Waals surface area (Å²) < 4.78 is 5.33. The zero-order valence-electron chi connectivity index (χ0n) is 13.0. The third-order valence-electron chi connectivity index (χ3n) is 4.21. The number of aromatic hydroxyl groups is 1. The van der Waals surface area contributed by atoms with E-state index in [9.17, 15) is 9.90 Å². The number of phenolic OH excluding ortho intramolecular Hbond substituents is 1. The Morgan fingerprint density at radius 3 is 2.35 bits per heavy atom. The van der Waals surface area contributed by atoms with Crippen LogP contribution >= 0.6 is 0 Å². The summed E-state index contributed by atoms with van der Waals surface area (Å²) >= 11 is 0. The molecule has 2 aromatic carbocycles. The molecule has 1 amide bonds. The van der Waals surface area contributed by atoms with E-state index in [0.29, 0.717) is 18.0 Å². The lowest BCUT2D eigenvalue weighted by atomic mass is 10.0. The molecule has 2 aromatic rings. The van der Waals surface area contributed by atoms with Gasteiger partial charge in [0.1, 0.15) is 5.75 Å². The molecule has 1 aliphatic heterocycles. The van der Waals surface area contributed by atoms with E-state index in [1.807, 2.05) is 36.4 Å². The molecule has 1 fully saturated rings. The van der Waals surface area contributed by atoms with Crippen molar-refractivity contribution in [2.24, 2.45) is 5.92 Å². The van der Waals surface area contributed by atoms with Gasteiger partial charge in [-0.25, -0.2) is 0 Å². The van der Waals surface area contributed by atoms with Gasteiger partial charge in [0, 0.05) is 25.3 Å². The molecule has 1 atom stereocenters. The van der Waals surface area contributed by atoms with Crippen LogP contribution in [-0.4, -0.2) is 30.8 Å². The monoisotopic (exact) mass is 311 g/mol. The van der Waals surface area contributed by atoms with Gasteiger partial charge in [0.15, 0.2) is 0 Å². The van der Waals surface area contributed by atoms with E-state index in [1.165, 1.54) is 0 Å². The van der Waals surface area contributed by atoms with Crippen LogP contribution in [0.2, 0.25) is 0 Å². The molecular weight excluding hydrogens is 290 g/mol. The molecule has 1 aliphatic rings. The van der Waals surface area contributed by atoms with E-state index in [1.54, 1.807) is 12.1 Å². The van der Waals surface area contributed by atoms with Crippen LogP contribution in [0.5, 0.6) is 5.75 Å². The van der Waals surface area contributed by atoms with Gasteiger partial charge in [0.25, 0.3) is 5.91 Å². The maximum Gasteiger partial charge on any atom is 0.251 e. The van der Waals surface area contributed by atoms with Crippen LogP contribution in [0.4, 0.5) is 0 Å². The van der Waals surface area contributed by atoms with Crippen molar-refractivity contribution < 1.29 is 14.6 Å². The summed E-state index contributed by atoms with van der Waals surface area (Å²) in [5.74, 6) is 0.783. The number of ether oxygens (including phenoxy) is 1. The van der Waals surface area contributed by atoms with Crippen molar-refractivity contribution >= 4 is 5.91 Å². The number of carbonyl (C=O) groups is 1. The third-order valence-corrected chi connectivity index (χ3v) is 4.21. The smallest absolute Gasteiger partial charge is 0.251 e. The van der Waals surface area contributed by atoms with Gasteiger partial charge in [0.2, 0.25) is 0 Å². The predicted octanol–water partition coefficient (Wildman–Crippen LogP) is 3.22. The number of carbonyl (C=O) groups excluding carboxylic acids is 1. The normalized spacial score (nSPS) is 17.1. The van der Waals surface area contributed by atoms with Gasteiger partial charge in [-0.05, 0) is 54.2 Å². The Morgan fingerprint density at radius 1 is 1.09 bits per heavy atom. The fourth-order valence-corrected chi connectivity index (χ4v) is 2.77. The zero-order chi connectivity index (χ0) is 16.1. The minimum absolute atomic E-state index is 0.0406. The van der Waals surface area contributed by atoms with Gasteiger partial charge in [-0.2, -0.15) is 0 Å². The Bertz CT molecular complexity index is 643. The maximum atomic E-state index is 12.1. The van der Waals surface area contributed by atoms with Crippen molar-refractivity contribution in [1.82, 2.24) is 5.32 Å². The van der Waals surface area contributed by atoms with Gasteiger partial charge in [0.05, 0.1) is 0 Å². The summed E-state index contributed by atoms with van der Waals surface area (Å²) in [6, 6.07) is 14.5. The molecule has 4 nitrogen and oxygen atoms in total. The molecule has 0 saturated carbocycles. The Morgan fingerprint density at radius 2 is 1.74 bits per heavy atom. The Balaban J connectivity index is 1.55. The standard InChI is InChI=1S/C19H21NO3/c21-18-7-5-16(6-8-18)15-1-3-17(4-2-15)19(22)20-11-9-14-10-12-23-13-14/h1-8,14,21H,9-13H2,(H,20,22)/t14-/m1/s1. The minimum Gasteiger partial charge on any atom is -0.508 e. The number of hydrogen-bond acceptors (Lipinski definition) is 3. The second kappa shape index (κ2) is 7.29. The van der Waals surface area contributed by atoms with Crippen molar-refractivity contribution in [2.45, 2.75) is 12.8 Å². The molecule has 0 radical (unpaired) electrons. The number of phenols is 1. The van der Waals surface area contributed by atoms with E-state index < -0.39 is 0 Å². The largest absolute Gasteiger partial charge is 0.508 e. The van der Waals surface area contributed by atoms with Gasteiger partial charge in [-0.1, -0.05) is 24.3 Å². The zero-order valence-corrected chi connectivity index (χ0v) is 13.0. The first-order valence-corrected chi connectivity index (χ1v) is 7.98. The first-order chi connectivity index (χ1) is 11.2. The highest BCUT2D eigenvalue weighted by atomic mass is 16.5. The second-order valence-electron chi connectivity index (χ2n) is 5.90.